The number of nitrogens with one attached hydrogen (secondary N) is 2. The summed E-state index contributed by atoms with van der Waals surface area (Å²) in [5, 5.41) is 9.40. The van der Waals surface area contributed by atoms with Crippen molar-refractivity contribution in [2.75, 3.05) is 6.54 Å². The molecule has 0 heterocycles. The summed E-state index contributed by atoms with van der Waals surface area (Å²) in [6.07, 6.45) is 1.06. The van der Waals surface area contributed by atoms with E-state index >= 15 is 0 Å². The molecule has 0 aromatic carbocycles. The zero-order valence-corrected chi connectivity index (χ0v) is 7.25. The van der Waals surface area contributed by atoms with E-state index in [1.807, 2.05) is 0 Å². The monoisotopic (exact) mass is 189 g/mol. The molecule has 13 heavy (non-hydrogen) atoms. The largest absolute Gasteiger partial charge is 0.372 e. The summed E-state index contributed by atoms with van der Waals surface area (Å²) >= 11 is 0. The van der Waals surface area contributed by atoms with Crippen molar-refractivity contribution < 1.29 is 9.63 Å². The van der Waals surface area contributed by atoms with Gasteiger partial charge >= 0.3 is 5.97 Å². The van der Waals surface area contributed by atoms with Crippen molar-refractivity contribution in [3.63, 3.8) is 0 Å². The topological polar surface area (TPSA) is 140 Å². The van der Waals surface area contributed by atoms with Crippen LogP contribution in [0.1, 0.15) is 12.8 Å². The maximum Gasteiger partial charge on any atom is 0.341 e. The number of hydrogen-bond donors (Lipinski definition) is 5. The standard InChI is InChI=1S/C6H15N5O2/c7-4(5(12)13-10)2-1-3-11-6(8)9/h4H,1-3,7,10H2,(H4,8,9,11)/t4-/m1/s1. The van der Waals surface area contributed by atoms with E-state index < -0.39 is 12.0 Å². The van der Waals surface area contributed by atoms with Crippen molar-refractivity contribution >= 4 is 11.9 Å². The Bertz CT molecular complexity index is 184. The van der Waals surface area contributed by atoms with Gasteiger partial charge in [0.2, 0.25) is 0 Å². The third-order valence-corrected chi connectivity index (χ3v) is 1.43. The summed E-state index contributed by atoms with van der Waals surface area (Å²) in [5.41, 5.74) is 10.4. The van der Waals surface area contributed by atoms with Gasteiger partial charge in [0, 0.05) is 6.54 Å². The highest BCUT2D eigenvalue weighted by molar-refractivity contribution is 5.75. The lowest BCUT2D eigenvalue weighted by Crippen LogP contribution is -2.36. The minimum absolute atomic E-state index is 0.102. The van der Waals surface area contributed by atoms with E-state index in [4.69, 9.17) is 16.9 Å². The first-order valence-corrected chi connectivity index (χ1v) is 3.82. The fourth-order valence-electron chi connectivity index (χ4n) is 0.750. The molecule has 0 saturated heterocycles. The summed E-state index contributed by atoms with van der Waals surface area (Å²) in [6.45, 7) is 0.501. The molecule has 0 fully saturated rings. The first-order valence-electron chi connectivity index (χ1n) is 3.82. The Morgan fingerprint density at radius 1 is 1.62 bits per heavy atom. The molecule has 0 amide bonds. The quantitative estimate of drug-likeness (QED) is 0.146. The molecule has 0 spiro atoms. The molecule has 76 valence electrons. The molecular formula is C6H15N5O2. The van der Waals surface area contributed by atoms with Crippen LogP contribution in [-0.2, 0) is 9.63 Å². The van der Waals surface area contributed by atoms with E-state index in [1.54, 1.807) is 0 Å². The van der Waals surface area contributed by atoms with E-state index in [-0.39, 0.29) is 5.96 Å². The summed E-state index contributed by atoms with van der Waals surface area (Å²) in [7, 11) is 0. The van der Waals surface area contributed by atoms with E-state index in [2.05, 4.69) is 16.1 Å². The summed E-state index contributed by atoms with van der Waals surface area (Å²) < 4.78 is 0. The lowest BCUT2D eigenvalue weighted by Gasteiger charge is -2.08. The van der Waals surface area contributed by atoms with Crippen molar-refractivity contribution in [1.82, 2.24) is 5.32 Å². The Morgan fingerprint density at radius 3 is 2.69 bits per heavy atom. The Morgan fingerprint density at radius 2 is 2.23 bits per heavy atom. The zero-order valence-electron chi connectivity index (χ0n) is 7.25. The molecule has 0 aromatic rings. The molecule has 0 rings (SSSR count). The van der Waals surface area contributed by atoms with Gasteiger partial charge in [0.1, 0.15) is 6.04 Å². The van der Waals surface area contributed by atoms with E-state index in [9.17, 15) is 4.79 Å². The average Bonchev–Trinajstić information content (AvgIpc) is 2.10. The van der Waals surface area contributed by atoms with Gasteiger partial charge in [0.15, 0.2) is 5.96 Å². The molecule has 0 aliphatic rings. The maximum absolute atomic E-state index is 10.7. The third kappa shape index (κ3) is 5.88. The highest BCUT2D eigenvalue weighted by Crippen LogP contribution is 1.94. The Labute approximate surface area is 76.0 Å². The lowest BCUT2D eigenvalue weighted by molar-refractivity contribution is -0.145. The minimum atomic E-state index is -0.709. The van der Waals surface area contributed by atoms with Crippen molar-refractivity contribution in [2.24, 2.45) is 17.4 Å². The van der Waals surface area contributed by atoms with Gasteiger partial charge in [-0.05, 0) is 12.8 Å². The van der Waals surface area contributed by atoms with Crippen LogP contribution in [0.3, 0.4) is 0 Å². The smallest absolute Gasteiger partial charge is 0.341 e. The summed E-state index contributed by atoms with van der Waals surface area (Å²) in [5.74, 6) is 3.89. The minimum Gasteiger partial charge on any atom is -0.372 e. The van der Waals surface area contributed by atoms with Gasteiger partial charge in [0.25, 0.3) is 0 Å². The fraction of sp³-hybridized carbons (Fsp3) is 0.667. The number of carbonyl (C=O) groups excluding carboxylic acids is 1. The highest BCUT2D eigenvalue weighted by atomic mass is 16.7. The van der Waals surface area contributed by atoms with Gasteiger partial charge in [-0.1, -0.05) is 0 Å². The van der Waals surface area contributed by atoms with Gasteiger partial charge in [0.05, 0.1) is 0 Å². The second kappa shape index (κ2) is 6.21. The van der Waals surface area contributed by atoms with E-state index in [1.165, 1.54) is 0 Å². The number of hydrogen-bond acceptors (Lipinski definition) is 5. The normalized spacial score (nSPS) is 11.8. The van der Waals surface area contributed by atoms with E-state index in [0.717, 1.165) is 0 Å². The molecule has 0 radical (unpaired) electrons. The number of rotatable bonds is 5. The van der Waals surface area contributed by atoms with Gasteiger partial charge in [-0.3, -0.25) is 5.41 Å². The van der Waals surface area contributed by atoms with Crippen LogP contribution in [0.15, 0.2) is 0 Å². The molecular weight excluding hydrogens is 174 g/mol. The summed E-state index contributed by atoms with van der Waals surface area (Å²) in [6, 6.07) is -0.709. The molecule has 0 aliphatic carbocycles. The van der Waals surface area contributed by atoms with Gasteiger partial charge in [-0.25, -0.2) is 4.79 Å². The molecule has 0 unspecified atom stereocenters. The van der Waals surface area contributed by atoms with Crippen LogP contribution < -0.4 is 22.7 Å². The first kappa shape index (κ1) is 11.7. The average molecular weight is 189 g/mol. The number of guanidine groups is 1. The van der Waals surface area contributed by atoms with Crippen LogP contribution >= 0.6 is 0 Å². The zero-order chi connectivity index (χ0) is 10.3. The van der Waals surface area contributed by atoms with E-state index in [0.29, 0.717) is 19.4 Å². The second-order valence-electron chi connectivity index (χ2n) is 2.53. The maximum atomic E-state index is 10.7. The SMILES string of the molecule is N=C(N)NCCC[C@@H](N)C(=O)ON. The molecule has 0 aromatic heterocycles. The molecule has 7 heteroatoms. The Hall–Kier alpha value is -1.34. The van der Waals surface area contributed by atoms with Crippen LogP contribution in [0, 0.1) is 5.41 Å². The first-order chi connectivity index (χ1) is 6.07. The number of nitrogens with two attached hydrogens (primary N) is 3. The van der Waals surface area contributed by atoms with Gasteiger partial charge < -0.3 is 21.6 Å². The van der Waals surface area contributed by atoms with Crippen molar-refractivity contribution in [3.05, 3.63) is 0 Å². The predicted molar refractivity (Wildman–Crippen MR) is 47.4 cm³/mol. The molecule has 1 atom stereocenters. The van der Waals surface area contributed by atoms with Crippen LogP contribution in [0.25, 0.3) is 0 Å². The fourth-order valence-corrected chi connectivity index (χ4v) is 0.750. The summed E-state index contributed by atoms with van der Waals surface area (Å²) in [4.78, 5) is 14.6. The highest BCUT2D eigenvalue weighted by Gasteiger charge is 2.12. The Kier molecular flexibility index (Phi) is 5.57. The molecule has 7 nitrogen and oxygen atoms in total. The molecule has 0 saturated carbocycles. The molecule has 0 aliphatic heterocycles. The Balaban J connectivity index is 3.42. The van der Waals surface area contributed by atoms with Crippen LogP contribution in [0.2, 0.25) is 0 Å². The second-order valence-corrected chi connectivity index (χ2v) is 2.53. The van der Waals surface area contributed by atoms with Gasteiger partial charge in [-0.15, -0.1) is 0 Å². The molecule has 0 bridgehead atoms. The van der Waals surface area contributed by atoms with Gasteiger partial charge in [-0.2, -0.15) is 5.90 Å². The van der Waals surface area contributed by atoms with Crippen LogP contribution in [-0.4, -0.2) is 24.5 Å². The van der Waals surface area contributed by atoms with Crippen molar-refractivity contribution in [2.45, 2.75) is 18.9 Å². The van der Waals surface area contributed by atoms with Crippen LogP contribution in [0.4, 0.5) is 0 Å². The lowest BCUT2D eigenvalue weighted by atomic mass is 10.2. The number of carbonyl (C=O) groups is 1. The predicted octanol–water partition coefficient (Wildman–Crippen LogP) is -2.01. The van der Waals surface area contributed by atoms with Crippen molar-refractivity contribution in [3.8, 4) is 0 Å². The molecule has 8 N–H and O–H groups in total. The van der Waals surface area contributed by atoms with Crippen LogP contribution in [0.5, 0.6) is 0 Å². The third-order valence-electron chi connectivity index (χ3n) is 1.43. The van der Waals surface area contributed by atoms with Crippen molar-refractivity contribution in [1.29, 1.82) is 5.41 Å².